The summed E-state index contributed by atoms with van der Waals surface area (Å²) in [5.74, 6) is 2.20. The molecule has 10 heteroatoms. The molecule has 11 rings (SSSR count). The van der Waals surface area contributed by atoms with Gasteiger partial charge in [-0.25, -0.2) is 13.8 Å². The van der Waals surface area contributed by atoms with Crippen LogP contribution < -0.4 is 19.7 Å². The third-order valence-corrected chi connectivity index (χ3v) is 13.1. The van der Waals surface area contributed by atoms with Crippen LogP contribution in [-0.2, 0) is 0 Å². The molecule has 2 saturated carbocycles. The number of terminal acetylenes is 1. The molecular weight excluding hydrogens is 622 g/mol. The maximum absolute atomic E-state index is 17.3. The lowest BCUT2D eigenvalue weighted by Gasteiger charge is -2.42. The molecule has 2 spiro atoms. The van der Waals surface area contributed by atoms with Crippen molar-refractivity contribution in [1.29, 1.82) is 0 Å². The topological polar surface area (TPSA) is 75.6 Å². The predicted molar refractivity (Wildman–Crippen MR) is 182 cm³/mol. The number of ether oxygens (including phenoxy) is 2. The molecule has 5 aliphatic heterocycles. The number of fused-ring (bicyclic) bond motifs is 7. The van der Waals surface area contributed by atoms with E-state index in [9.17, 15) is 0 Å². The van der Waals surface area contributed by atoms with Gasteiger partial charge in [0.15, 0.2) is 5.82 Å². The highest BCUT2D eigenvalue weighted by atomic mass is 19.1. The van der Waals surface area contributed by atoms with E-state index in [2.05, 4.69) is 21.0 Å². The average Bonchev–Trinajstić information content (AvgIpc) is 3.95. The second-order valence-corrected chi connectivity index (χ2v) is 16.3. The van der Waals surface area contributed by atoms with Crippen molar-refractivity contribution in [2.24, 2.45) is 10.8 Å². The molecule has 2 aromatic heterocycles. The van der Waals surface area contributed by atoms with E-state index in [-0.39, 0.29) is 52.4 Å². The molecule has 6 fully saturated rings. The third kappa shape index (κ3) is 4.06. The summed E-state index contributed by atoms with van der Waals surface area (Å²) in [6.07, 6.45) is 15.1. The summed E-state index contributed by atoms with van der Waals surface area (Å²) in [6, 6.07) is 9.03. The first kappa shape index (κ1) is 28.7. The lowest BCUT2D eigenvalue weighted by Crippen LogP contribution is -2.62. The van der Waals surface area contributed by atoms with E-state index >= 15 is 8.78 Å². The molecule has 2 aromatic carbocycles. The van der Waals surface area contributed by atoms with Crippen LogP contribution in [0.25, 0.3) is 32.9 Å². The molecule has 4 atom stereocenters. The number of halogens is 2. The molecule has 0 amide bonds. The summed E-state index contributed by atoms with van der Waals surface area (Å²) in [7, 11) is 0. The number of hydrogen-bond donors (Lipinski definition) is 1. The van der Waals surface area contributed by atoms with Crippen LogP contribution in [0.15, 0.2) is 30.3 Å². The maximum atomic E-state index is 17.3. The summed E-state index contributed by atoms with van der Waals surface area (Å²) in [4.78, 5) is 19.8. The smallest absolute Gasteiger partial charge is 0.319 e. The van der Waals surface area contributed by atoms with Gasteiger partial charge < -0.3 is 19.7 Å². The second kappa shape index (κ2) is 9.58. The first-order valence-corrected chi connectivity index (χ1v) is 17.9. The van der Waals surface area contributed by atoms with E-state index in [1.807, 2.05) is 13.0 Å². The molecule has 4 unspecified atom stereocenters. The second-order valence-electron chi connectivity index (χ2n) is 16.3. The van der Waals surface area contributed by atoms with E-state index in [1.54, 1.807) is 18.2 Å². The van der Waals surface area contributed by atoms with Crippen molar-refractivity contribution >= 4 is 27.5 Å². The molecule has 4 saturated heterocycles. The van der Waals surface area contributed by atoms with Crippen molar-refractivity contribution in [3.05, 3.63) is 47.5 Å². The molecular formula is C39H38F2N6O2. The van der Waals surface area contributed by atoms with Crippen molar-refractivity contribution in [2.75, 3.05) is 31.1 Å². The summed E-state index contributed by atoms with van der Waals surface area (Å²) >= 11 is 0. The van der Waals surface area contributed by atoms with Gasteiger partial charge in [0.25, 0.3) is 0 Å². The summed E-state index contributed by atoms with van der Waals surface area (Å²) in [6.45, 7) is 5.57. The molecule has 7 heterocycles. The van der Waals surface area contributed by atoms with E-state index < -0.39 is 11.6 Å². The van der Waals surface area contributed by atoms with Crippen LogP contribution in [0.3, 0.4) is 0 Å². The summed E-state index contributed by atoms with van der Waals surface area (Å²) in [5, 5.41) is 5.34. The normalized spacial score (nSPS) is 29.1. The predicted octanol–water partition coefficient (Wildman–Crippen LogP) is 5.98. The van der Waals surface area contributed by atoms with Crippen molar-refractivity contribution < 1.29 is 18.3 Å². The number of nitrogens with zero attached hydrogens (tertiary/aromatic N) is 5. The van der Waals surface area contributed by atoms with E-state index in [0.29, 0.717) is 51.0 Å². The Bertz CT molecular complexity index is 2130. The first-order valence-electron chi connectivity index (χ1n) is 17.9. The van der Waals surface area contributed by atoms with Crippen LogP contribution in [0.4, 0.5) is 14.6 Å². The number of nitrogens with one attached hydrogen (secondary N) is 1. The number of rotatable bonds is 4. The van der Waals surface area contributed by atoms with Crippen LogP contribution in [0.5, 0.6) is 11.9 Å². The fraction of sp³-hybridized carbons (Fsp3) is 0.513. The summed E-state index contributed by atoms with van der Waals surface area (Å²) in [5.41, 5.74) is 1.41. The minimum atomic E-state index is -0.629. The Labute approximate surface area is 283 Å². The molecule has 1 N–H and O–H groups in total. The zero-order valence-corrected chi connectivity index (χ0v) is 27.6. The Balaban J connectivity index is 1.09. The maximum Gasteiger partial charge on any atom is 0.319 e. The van der Waals surface area contributed by atoms with Gasteiger partial charge >= 0.3 is 6.01 Å². The lowest BCUT2D eigenvalue weighted by molar-refractivity contribution is 0.107. The van der Waals surface area contributed by atoms with Gasteiger partial charge in [0.2, 0.25) is 5.88 Å². The fourth-order valence-electron chi connectivity index (χ4n) is 10.6. The average molecular weight is 661 g/mol. The van der Waals surface area contributed by atoms with Crippen LogP contribution >= 0.6 is 0 Å². The van der Waals surface area contributed by atoms with Gasteiger partial charge in [-0.05, 0) is 80.6 Å². The summed E-state index contributed by atoms with van der Waals surface area (Å²) < 4.78 is 45.7. The quantitative estimate of drug-likeness (QED) is 0.268. The Hall–Kier alpha value is -4.07. The van der Waals surface area contributed by atoms with Crippen LogP contribution in [0, 0.1) is 34.8 Å². The molecule has 2 aliphatic carbocycles. The standard InChI is InChI=1S/C39H38F2N6O2/c1-3-24-26(40)9-7-22-5-4-6-25(28(22)24)31-30(41)32-29-34(47-15-23-8-10-27(42-23)33(47)21(2)49-35(29)43-31)45-36(44-32)48-20-39-16-37(11-12-37)18-46(39)19-38(17-39)13-14-38/h1,4-7,9,21,23,27,33,42H,8,10-20H2,2H3. The number of aromatic nitrogens is 3. The minimum Gasteiger partial charge on any atom is -0.472 e. The fourth-order valence-corrected chi connectivity index (χ4v) is 10.6. The Kier molecular flexibility index (Phi) is 5.62. The van der Waals surface area contributed by atoms with E-state index in [4.69, 9.17) is 30.8 Å². The van der Waals surface area contributed by atoms with Crippen molar-refractivity contribution in [3.63, 3.8) is 0 Å². The molecule has 7 aliphatic rings. The van der Waals surface area contributed by atoms with Gasteiger partial charge in [-0.2, -0.15) is 9.97 Å². The van der Waals surface area contributed by atoms with Crippen molar-refractivity contribution in [1.82, 2.24) is 25.2 Å². The van der Waals surface area contributed by atoms with Crippen LogP contribution in [-0.4, -0.2) is 75.9 Å². The minimum absolute atomic E-state index is 0.0141. The third-order valence-electron chi connectivity index (χ3n) is 13.1. The molecule has 2 bridgehead atoms. The van der Waals surface area contributed by atoms with Crippen molar-refractivity contribution in [3.8, 4) is 35.5 Å². The zero-order chi connectivity index (χ0) is 32.9. The first-order chi connectivity index (χ1) is 23.8. The Morgan fingerprint density at radius 2 is 1.82 bits per heavy atom. The molecule has 4 aromatic rings. The van der Waals surface area contributed by atoms with Gasteiger partial charge in [0.05, 0.1) is 17.1 Å². The van der Waals surface area contributed by atoms with Gasteiger partial charge in [0, 0.05) is 42.7 Å². The SMILES string of the molecule is C#Cc1c(F)ccc2cccc(-c3nc4c5c(nc(OCC67CC8(CC8)CN6CC6(CC6)C7)nc5c3F)N3CC5CCC(N5)C3C(C)O4)c12. The zero-order valence-electron chi connectivity index (χ0n) is 27.6. The molecule has 250 valence electrons. The lowest BCUT2D eigenvalue weighted by atomic mass is 9.85. The highest BCUT2D eigenvalue weighted by molar-refractivity contribution is 6.03. The number of anilines is 1. The highest BCUT2D eigenvalue weighted by Gasteiger charge is 2.67. The van der Waals surface area contributed by atoms with Gasteiger partial charge in [0.1, 0.15) is 40.9 Å². The largest absolute Gasteiger partial charge is 0.472 e. The highest BCUT2D eigenvalue weighted by Crippen LogP contribution is 2.67. The van der Waals surface area contributed by atoms with E-state index in [0.717, 1.165) is 45.3 Å². The van der Waals surface area contributed by atoms with Gasteiger partial charge in [-0.15, -0.1) is 6.42 Å². The number of piperazine rings is 1. The van der Waals surface area contributed by atoms with Gasteiger partial charge in [-0.1, -0.05) is 30.2 Å². The Morgan fingerprint density at radius 3 is 2.57 bits per heavy atom. The molecule has 8 nitrogen and oxygen atoms in total. The number of hydrogen-bond acceptors (Lipinski definition) is 8. The number of pyridine rings is 1. The van der Waals surface area contributed by atoms with Crippen LogP contribution in [0.1, 0.15) is 63.9 Å². The van der Waals surface area contributed by atoms with Crippen molar-refractivity contribution in [2.45, 2.75) is 88.1 Å². The molecule has 49 heavy (non-hydrogen) atoms. The van der Waals surface area contributed by atoms with Gasteiger partial charge in [-0.3, -0.25) is 4.90 Å². The molecule has 0 radical (unpaired) electrons. The van der Waals surface area contributed by atoms with Crippen LogP contribution in [0.2, 0.25) is 0 Å². The monoisotopic (exact) mass is 660 g/mol. The van der Waals surface area contributed by atoms with E-state index in [1.165, 1.54) is 31.7 Å². The Morgan fingerprint density at radius 1 is 1.02 bits per heavy atom. The number of benzene rings is 2.